The van der Waals surface area contributed by atoms with Gasteiger partial charge in [0.25, 0.3) is 0 Å². The average molecular weight is 342 g/mol. The van der Waals surface area contributed by atoms with Crippen molar-refractivity contribution in [3.05, 3.63) is 41.0 Å². The summed E-state index contributed by atoms with van der Waals surface area (Å²) in [6, 6.07) is 6.81. The molecule has 3 heterocycles. The molecular weight excluding hydrogens is 316 g/mol. The van der Waals surface area contributed by atoms with Gasteiger partial charge in [-0.1, -0.05) is 24.2 Å². The second-order valence-corrected chi connectivity index (χ2v) is 6.93. The molecule has 2 aromatic rings. The van der Waals surface area contributed by atoms with E-state index in [2.05, 4.69) is 45.1 Å². The third-order valence-corrected chi connectivity index (χ3v) is 5.27. The quantitative estimate of drug-likeness (QED) is 0.832. The molecule has 6 heteroatoms. The SMILES string of the molecule is CCc1noc([C@H](C)N2CCN(Cc3ccc4c(c3)CCO4)CC2)n1. The Bertz CT molecular complexity index is 722. The lowest BCUT2D eigenvalue weighted by atomic mass is 10.1. The molecule has 0 radical (unpaired) electrons. The first kappa shape index (κ1) is 16.5. The maximum Gasteiger partial charge on any atom is 0.243 e. The molecule has 2 aliphatic heterocycles. The lowest BCUT2D eigenvalue weighted by Gasteiger charge is -2.36. The van der Waals surface area contributed by atoms with E-state index in [9.17, 15) is 0 Å². The summed E-state index contributed by atoms with van der Waals surface area (Å²) in [6.45, 7) is 10.2. The Morgan fingerprint density at radius 3 is 2.80 bits per heavy atom. The first-order valence-electron chi connectivity index (χ1n) is 9.26. The maximum atomic E-state index is 5.60. The fourth-order valence-electron chi connectivity index (χ4n) is 3.64. The molecule has 25 heavy (non-hydrogen) atoms. The van der Waals surface area contributed by atoms with Crippen LogP contribution >= 0.6 is 0 Å². The molecule has 0 unspecified atom stereocenters. The van der Waals surface area contributed by atoms with Gasteiger partial charge in [-0.15, -0.1) is 0 Å². The minimum absolute atomic E-state index is 0.187. The molecule has 4 rings (SSSR count). The summed E-state index contributed by atoms with van der Waals surface area (Å²) < 4.78 is 11.0. The molecule has 0 saturated carbocycles. The number of aromatic nitrogens is 2. The van der Waals surface area contributed by atoms with Gasteiger partial charge in [-0.25, -0.2) is 0 Å². The Labute approximate surface area is 148 Å². The fourth-order valence-corrected chi connectivity index (χ4v) is 3.64. The average Bonchev–Trinajstić information content (AvgIpc) is 3.30. The third kappa shape index (κ3) is 3.55. The molecule has 0 aliphatic carbocycles. The van der Waals surface area contributed by atoms with Gasteiger partial charge < -0.3 is 9.26 Å². The molecule has 0 N–H and O–H groups in total. The number of fused-ring (bicyclic) bond motifs is 1. The van der Waals surface area contributed by atoms with Crippen LogP contribution < -0.4 is 4.74 Å². The highest BCUT2D eigenvalue weighted by Gasteiger charge is 2.25. The van der Waals surface area contributed by atoms with Crippen molar-refractivity contribution in [1.82, 2.24) is 19.9 Å². The second-order valence-electron chi connectivity index (χ2n) is 6.93. The molecule has 134 valence electrons. The minimum Gasteiger partial charge on any atom is -0.493 e. The van der Waals surface area contributed by atoms with Gasteiger partial charge in [-0.3, -0.25) is 9.80 Å². The fraction of sp³-hybridized carbons (Fsp3) is 0.579. The van der Waals surface area contributed by atoms with Gasteiger partial charge in [0.05, 0.1) is 12.6 Å². The number of nitrogens with zero attached hydrogens (tertiary/aromatic N) is 4. The monoisotopic (exact) mass is 342 g/mol. The number of hydrogen-bond donors (Lipinski definition) is 0. The molecule has 1 aromatic heterocycles. The summed E-state index contributed by atoms with van der Waals surface area (Å²) in [7, 11) is 0. The first-order valence-corrected chi connectivity index (χ1v) is 9.26. The molecule has 1 atom stereocenters. The van der Waals surface area contributed by atoms with Gasteiger partial charge in [0.1, 0.15) is 5.75 Å². The summed E-state index contributed by atoms with van der Waals surface area (Å²) >= 11 is 0. The van der Waals surface area contributed by atoms with Crippen molar-refractivity contribution in [1.29, 1.82) is 0 Å². The highest BCUT2D eigenvalue weighted by molar-refractivity contribution is 5.39. The number of ether oxygens (including phenoxy) is 1. The van der Waals surface area contributed by atoms with Crippen molar-refractivity contribution >= 4 is 0 Å². The highest BCUT2D eigenvalue weighted by atomic mass is 16.5. The van der Waals surface area contributed by atoms with Crippen LogP contribution in [0.15, 0.2) is 22.7 Å². The smallest absolute Gasteiger partial charge is 0.243 e. The van der Waals surface area contributed by atoms with Crippen LogP contribution in [0, 0.1) is 0 Å². The summed E-state index contributed by atoms with van der Waals surface area (Å²) in [5, 5.41) is 4.02. The number of benzene rings is 1. The zero-order valence-corrected chi connectivity index (χ0v) is 15.1. The predicted octanol–water partition coefficient (Wildman–Crippen LogP) is 2.45. The van der Waals surface area contributed by atoms with Crippen LogP contribution in [0.5, 0.6) is 5.75 Å². The first-order chi connectivity index (χ1) is 12.2. The van der Waals surface area contributed by atoms with E-state index in [1.807, 2.05) is 6.92 Å². The highest BCUT2D eigenvalue weighted by Crippen LogP contribution is 2.27. The normalized spacial score (nSPS) is 19.6. The largest absolute Gasteiger partial charge is 0.493 e. The predicted molar refractivity (Wildman–Crippen MR) is 94.6 cm³/mol. The Balaban J connectivity index is 1.32. The van der Waals surface area contributed by atoms with Crippen LogP contribution in [-0.2, 0) is 19.4 Å². The van der Waals surface area contributed by atoms with Crippen LogP contribution in [0.1, 0.15) is 42.7 Å². The van der Waals surface area contributed by atoms with Crippen molar-refractivity contribution in [2.75, 3.05) is 32.8 Å². The molecule has 0 bridgehead atoms. The summed E-state index contributed by atoms with van der Waals surface area (Å²) in [4.78, 5) is 9.43. The van der Waals surface area contributed by atoms with Gasteiger partial charge in [-0.2, -0.15) is 4.98 Å². The van der Waals surface area contributed by atoms with Crippen molar-refractivity contribution < 1.29 is 9.26 Å². The number of hydrogen-bond acceptors (Lipinski definition) is 6. The van der Waals surface area contributed by atoms with E-state index in [1.54, 1.807) is 0 Å². The van der Waals surface area contributed by atoms with Gasteiger partial charge in [-0.05, 0) is 24.1 Å². The zero-order valence-electron chi connectivity index (χ0n) is 15.1. The molecule has 0 amide bonds. The molecule has 2 aliphatic rings. The van der Waals surface area contributed by atoms with E-state index < -0.39 is 0 Å². The lowest BCUT2D eigenvalue weighted by molar-refractivity contribution is 0.0845. The van der Waals surface area contributed by atoms with E-state index >= 15 is 0 Å². The van der Waals surface area contributed by atoms with E-state index in [0.29, 0.717) is 0 Å². The van der Waals surface area contributed by atoms with E-state index in [0.717, 1.165) is 69.6 Å². The number of aryl methyl sites for hydroxylation is 1. The molecule has 1 fully saturated rings. The molecule has 1 aromatic carbocycles. The van der Waals surface area contributed by atoms with Crippen molar-refractivity contribution in [2.24, 2.45) is 0 Å². The Hall–Kier alpha value is -1.92. The summed E-state index contributed by atoms with van der Waals surface area (Å²) in [5.74, 6) is 2.60. The van der Waals surface area contributed by atoms with Crippen molar-refractivity contribution in [3.63, 3.8) is 0 Å². The van der Waals surface area contributed by atoms with Gasteiger partial charge >= 0.3 is 0 Å². The second kappa shape index (κ2) is 7.14. The summed E-state index contributed by atoms with van der Waals surface area (Å²) in [6.07, 6.45) is 1.86. The van der Waals surface area contributed by atoms with E-state index in [-0.39, 0.29) is 6.04 Å². The lowest BCUT2D eigenvalue weighted by Crippen LogP contribution is -2.46. The standard InChI is InChI=1S/C19H26N4O2/c1-3-18-20-19(25-21-18)14(2)23-9-7-22(8-10-23)13-15-4-5-17-16(12-15)6-11-24-17/h4-5,12,14H,3,6-11,13H2,1-2H3/t14-/m0/s1. The topological polar surface area (TPSA) is 54.6 Å². The van der Waals surface area contributed by atoms with Crippen LogP contribution in [0.2, 0.25) is 0 Å². The van der Waals surface area contributed by atoms with Crippen molar-refractivity contribution in [3.8, 4) is 5.75 Å². The maximum absolute atomic E-state index is 5.60. The molecule has 6 nitrogen and oxygen atoms in total. The third-order valence-electron chi connectivity index (χ3n) is 5.27. The molecule has 0 spiro atoms. The van der Waals surface area contributed by atoms with Gasteiger partial charge in [0.2, 0.25) is 5.89 Å². The molecule has 1 saturated heterocycles. The van der Waals surface area contributed by atoms with E-state index in [1.165, 1.54) is 11.1 Å². The Kier molecular flexibility index (Phi) is 4.72. The van der Waals surface area contributed by atoms with Crippen LogP contribution in [0.25, 0.3) is 0 Å². The zero-order chi connectivity index (χ0) is 17.2. The van der Waals surface area contributed by atoms with Crippen LogP contribution in [0.3, 0.4) is 0 Å². The van der Waals surface area contributed by atoms with Gasteiger partial charge in [0.15, 0.2) is 5.82 Å². The van der Waals surface area contributed by atoms with E-state index in [4.69, 9.17) is 9.26 Å². The molecular formula is C19H26N4O2. The summed E-state index contributed by atoms with van der Waals surface area (Å²) in [5.41, 5.74) is 2.74. The van der Waals surface area contributed by atoms with Gasteiger partial charge in [0, 0.05) is 45.6 Å². The van der Waals surface area contributed by atoms with Crippen molar-refractivity contribution in [2.45, 2.75) is 39.3 Å². The Morgan fingerprint density at radius 2 is 2.04 bits per heavy atom. The number of piperazine rings is 1. The van der Waals surface area contributed by atoms with Crippen LogP contribution in [0.4, 0.5) is 0 Å². The number of rotatable bonds is 5. The Morgan fingerprint density at radius 1 is 1.20 bits per heavy atom. The minimum atomic E-state index is 0.187. The van der Waals surface area contributed by atoms with Crippen LogP contribution in [-0.4, -0.2) is 52.7 Å².